The average Bonchev–Trinajstić information content (AvgIpc) is 2.38. The van der Waals surface area contributed by atoms with Crippen molar-refractivity contribution in [2.24, 2.45) is 11.8 Å². The van der Waals surface area contributed by atoms with E-state index in [0.717, 1.165) is 31.5 Å². The fourth-order valence-corrected chi connectivity index (χ4v) is 4.22. The first kappa shape index (κ1) is 16.3. The van der Waals surface area contributed by atoms with Crippen LogP contribution in [-0.2, 0) is 4.74 Å². The van der Waals surface area contributed by atoms with Crippen LogP contribution < -0.4 is 5.32 Å². The van der Waals surface area contributed by atoms with Gasteiger partial charge in [0.15, 0.2) is 0 Å². The highest BCUT2D eigenvalue weighted by molar-refractivity contribution is 4.88. The molecule has 1 saturated heterocycles. The molecule has 3 atom stereocenters. The van der Waals surface area contributed by atoms with Crippen LogP contribution in [0.25, 0.3) is 0 Å². The lowest BCUT2D eigenvalue weighted by atomic mass is 9.76. The molecule has 3 nitrogen and oxygen atoms in total. The lowest BCUT2D eigenvalue weighted by Gasteiger charge is -2.43. The minimum Gasteiger partial charge on any atom is -0.373 e. The third kappa shape index (κ3) is 4.44. The Bertz CT molecular complexity index is 293. The zero-order valence-corrected chi connectivity index (χ0v) is 14.0. The van der Waals surface area contributed by atoms with Crippen LogP contribution in [0.4, 0.5) is 0 Å². The largest absolute Gasteiger partial charge is 0.373 e. The van der Waals surface area contributed by atoms with Gasteiger partial charge in [0.05, 0.1) is 12.2 Å². The molecular formula is C17H34N2O. The van der Waals surface area contributed by atoms with Gasteiger partial charge in [0, 0.05) is 25.7 Å². The average molecular weight is 282 g/mol. The summed E-state index contributed by atoms with van der Waals surface area (Å²) in [5, 5.41) is 3.57. The van der Waals surface area contributed by atoms with E-state index in [1.165, 1.54) is 38.6 Å². The molecule has 0 radical (unpaired) electrons. The van der Waals surface area contributed by atoms with Gasteiger partial charge >= 0.3 is 0 Å². The zero-order chi connectivity index (χ0) is 14.6. The van der Waals surface area contributed by atoms with Crippen LogP contribution in [0, 0.1) is 11.8 Å². The van der Waals surface area contributed by atoms with Crippen molar-refractivity contribution in [2.45, 2.75) is 64.5 Å². The topological polar surface area (TPSA) is 24.5 Å². The molecule has 0 amide bonds. The monoisotopic (exact) mass is 282 g/mol. The van der Waals surface area contributed by atoms with Gasteiger partial charge in [0.25, 0.3) is 0 Å². The highest BCUT2D eigenvalue weighted by Crippen LogP contribution is 2.33. The van der Waals surface area contributed by atoms with Gasteiger partial charge < -0.3 is 10.1 Å². The maximum Gasteiger partial charge on any atom is 0.0753 e. The minimum absolute atomic E-state index is 0.0326. The van der Waals surface area contributed by atoms with Crippen molar-refractivity contribution in [3.8, 4) is 0 Å². The molecule has 1 aliphatic carbocycles. The highest BCUT2D eigenvalue weighted by atomic mass is 16.5. The Labute approximate surface area is 125 Å². The highest BCUT2D eigenvalue weighted by Gasteiger charge is 2.33. The third-order valence-corrected chi connectivity index (χ3v) is 5.16. The molecule has 2 aliphatic rings. The zero-order valence-electron chi connectivity index (χ0n) is 14.0. The quantitative estimate of drug-likeness (QED) is 0.839. The van der Waals surface area contributed by atoms with Gasteiger partial charge in [-0.25, -0.2) is 0 Å². The van der Waals surface area contributed by atoms with Gasteiger partial charge in [-0.1, -0.05) is 19.8 Å². The van der Waals surface area contributed by atoms with Gasteiger partial charge in [-0.05, 0) is 52.0 Å². The second kappa shape index (κ2) is 7.24. The van der Waals surface area contributed by atoms with Crippen LogP contribution in [0.2, 0.25) is 0 Å². The van der Waals surface area contributed by atoms with Crippen molar-refractivity contribution in [3.63, 3.8) is 0 Å². The second-order valence-corrected chi connectivity index (χ2v) is 7.47. The lowest BCUT2D eigenvalue weighted by molar-refractivity contribution is -0.0913. The van der Waals surface area contributed by atoms with E-state index in [1.807, 2.05) is 0 Å². The predicted octanol–water partition coefficient (Wildman–Crippen LogP) is 2.90. The summed E-state index contributed by atoms with van der Waals surface area (Å²) in [6, 6.07) is 0.717. The van der Waals surface area contributed by atoms with E-state index in [-0.39, 0.29) is 5.60 Å². The molecule has 3 unspecified atom stereocenters. The van der Waals surface area contributed by atoms with E-state index in [2.05, 4.69) is 38.0 Å². The van der Waals surface area contributed by atoms with Crippen LogP contribution in [-0.4, -0.2) is 49.8 Å². The molecule has 1 aliphatic heterocycles. The summed E-state index contributed by atoms with van der Waals surface area (Å²) in [7, 11) is 2.14. The number of nitrogens with zero attached hydrogens (tertiary/aromatic N) is 1. The molecule has 3 heteroatoms. The van der Waals surface area contributed by atoms with Gasteiger partial charge in [0.1, 0.15) is 0 Å². The Morgan fingerprint density at radius 2 is 2.10 bits per heavy atom. The second-order valence-electron chi connectivity index (χ2n) is 7.47. The van der Waals surface area contributed by atoms with Crippen molar-refractivity contribution < 1.29 is 4.74 Å². The first-order valence-corrected chi connectivity index (χ1v) is 8.57. The van der Waals surface area contributed by atoms with Crippen LogP contribution in [0.3, 0.4) is 0 Å². The minimum atomic E-state index is 0.0326. The van der Waals surface area contributed by atoms with E-state index >= 15 is 0 Å². The van der Waals surface area contributed by atoms with Gasteiger partial charge in [-0.15, -0.1) is 0 Å². The molecule has 2 rings (SSSR count). The van der Waals surface area contributed by atoms with E-state index < -0.39 is 0 Å². The smallest absolute Gasteiger partial charge is 0.0753 e. The Morgan fingerprint density at radius 3 is 2.75 bits per heavy atom. The fourth-order valence-electron chi connectivity index (χ4n) is 4.22. The number of hydrogen-bond acceptors (Lipinski definition) is 3. The number of morpholine rings is 1. The number of hydrogen-bond donors (Lipinski definition) is 1. The van der Waals surface area contributed by atoms with Crippen molar-refractivity contribution in [1.82, 2.24) is 10.2 Å². The van der Waals surface area contributed by atoms with Crippen molar-refractivity contribution in [1.29, 1.82) is 0 Å². The summed E-state index contributed by atoms with van der Waals surface area (Å²) < 4.78 is 5.84. The Hall–Kier alpha value is -0.120. The predicted molar refractivity (Wildman–Crippen MR) is 85.1 cm³/mol. The van der Waals surface area contributed by atoms with Gasteiger partial charge in [-0.3, -0.25) is 4.90 Å². The van der Waals surface area contributed by atoms with Crippen molar-refractivity contribution in [3.05, 3.63) is 0 Å². The van der Waals surface area contributed by atoms with Crippen molar-refractivity contribution in [2.75, 3.05) is 33.3 Å². The molecule has 0 spiro atoms. The Kier molecular flexibility index (Phi) is 5.88. The molecule has 20 heavy (non-hydrogen) atoms. The number of ether oxygens (including phenoxy) is 1. The SMILES string of the molecule is CCCC1CCC(NC)C(CN2CCOC(C)(C)C2)C1. The molecule has 0 aromatic heterocycles. The van der Waals surface area contributed by atoms with E-state index in [9.17, 15) is 0 Å². The van der Waals surface area contributed by atoms with Crippen LogP contribution in [0.1, 0.15) is 52.9 Å². The van der Waals surface area contributed by atoms with E-state index in [4.69, 9.17) is 4.74 Å². The molecule has 1 saturated carbocycles. The first-order valence-electron chi connectivity index (χ1n) is 8.57. The molecule has 0 bridgehead atoms. The van der Waals surface area contributed by atoms with E-state index in [1.54, 1.807) is 0 Å². The summed E-state index contributed by atoms with van der Waals surface area (Å²) in [6.45, 7) is 11.1. The molecule has 0 aromatic carbocycles. The molecule has 2 fully saturated rings. The maximum absolute atomic E-state index is 5.84. The molecular weight excluding hydrogens is 248 g/mol. The summed E-state index contributed by atoms with van der Waals surface area (Å²) in [5.74, 6) is 1.78. The molecule has 118 valence electrons. The summed E-state index contributed by atoms with van der Waals surface area (Å²) in [5.41, 5.74) is 0.0326. The van der Waals surface area contributed by atoms with E-state index in [0.29, 0.717) is 6.04 Å². The van der Waals surface area contributed by atoms with Gasteiger partial charge in [-0.2, -0.15) is 0 Å². The standard InChI is InChI=1S/C17H34N2O/c1-5-6-14-7-8-16(18-4)15(11-14)12-19-9-10-20-17(2,3)13-19/h14-16,18H,5-13H2,1-4H3. The first-order chi connectivity index (χ1) is 9.54. The Balaban J connectivity index is 1.90. The summed E-state index contributed by atoms with van der Waals surface area (Å²) in [6.07, 6.45) is 6.95. The summed E-state index contributed by atoms with van der Waals surface area (Å²) >= 11 is 0. The maximum atomic E-state index is 5.84. The number of rotatable bonds is 5. The Morgan fingerprint density at radius 1 is 1.30 bits per heavy atom. The molecule has 1 heterocycles. The number of nitrogens with one attached hydrogen (secondary N) is 1. The molecule has 0 aromatic rings. The third-order valence-electron chi connectivity index (χ3n) is 5.16. The van der Waals surface area contributed by atoms with Crippen LogP contribution in [0.5, 0.6) is 0 Å². The normalized spacial score (nSPS) is 35.1. The fraction of sp³-hybridized carbons (Fsp3) is 1.00. The van der Waals surface area contributed by atoms with Crippen molar-refractivity contribution >= 4 is 0 Å². The van der Waals surface area contributed by atoms with Crippen LogP contribution in [0.15, 0.2) is 0 Å². The lowest BCUT2D eigenvalue weighted by Crippen LogP contribution is -2.52. The molecule has 1 N–H and O–H groups in total. The summed E-state index contributed by atoms with van der Waals surface area (Å²) in [4.78, 5) is 2.63. The van der Waals surface area contributed by atoms with Crippen LogP contribution >= 0.6 is 0 Å². The van der Waals surface area contributed by atoms with Gasteiger partial charge in [0.2, 0.25) is 0 Å².